The average Bonchev–Trinajstić information content (AvgIpc) is 2.60. The first-order valence-corrected chi connectivity index (χ1v) is 6.96. The lowest BCUT2D eigenvalue weighted by atomic mass is 10.2. The number of nitro benzene ring substituents is 2. The van der Waals surface area contributed by atoms with Gasteiger partial charge in [-0.2, -0.15) is 0 Å². The van der Waals surface area contributed by atoms with E-state index in [0.717, 1.165) is 0 Å². The molecule has 1 N–H and O–H groups in total. The number of nitrogens with one attached hydrogen (secondary N) is 1. The molecule has 9 heteroatoms. The van der Waals surface area contributed by atoms with E-state index >= 15 is 0 Å². The van der Waals surface area contributed by atoms with Gasteiger partial charge in [0.1, 0.15) is 0 Å². The predicted octanol–water partition coefficient (Wildman–Crippen LogP) is 3.16. The molecular formula is C16H13N3O6. The topological polar surface area (TPSA) is 125 Å². The molecule has 2 aromatic carbocycles. The molecule has 0 unspecified atom stereocenters. The van der Waals surface area contributed by atoms with Crippen molar-refractivity contribution in [1.29, 1.82) is 0 Å². The van der Waals surface area contributed by atoms with E-state index in [2.05, 4.69) is 5.32 Å². The molecule has 1 amide bonds. The van der Waals surface area contributed by atoms with Crippen LogP contribution in [-0.4, -0.2) is 22.9 Å². The number of nitrogens with zero attached hydrogens (tertiary/aromatic N) is 2. The number of ether oxygens (including phenoxy) is 1. The van der Waals surface area contributed by atoms with Gasteiger partial charge in [-0.3, -0.25) is 25.0 Å². The minimum atomic E-state index is -0.610. The van der Waals surface area contributed by atoms with Gasteiger partial charge < -0.3 is 10.1 Å². The van der Waals surface area contributed by atoms with Crippen LogP contribution in [0.15, 0.2) is 48.5 Å². The van der Waals surface area contributed by atoms with Crippen LogP contribution in [0.4, 0.5) is 17.1 Å². The van der Waals surface area contributed by atoms with Crippen LogP contribution in [-0.2, 0) is 4.79 Å². The summed E-state index contributed by atoms with van der Waals surface area (Å²) in [7, 11) is 1.31. The molecule has 0 fully saturated rings. The Balaban J connectivity index is 2.08. The van der Waals surface area contributed by atoms with Gasteiger partial charge in [-0.05, 0) is 35.9 Å². The highest BCUT2D eigenvalue weighted by Crippen LogP contribution is 2.29. The van der Waals surface area contributed by atoms with Crippen LogP contribution in [0, 0.1) is 20.2 Å². The highest BCUT2D eigenvalue weighted by Gasteiger charge is 2.15. The third kappa shape index (κ3) is 4.61. The Morgan fingerprint density at radius 3 is 2.32 bits per heavy atom. The van der Waals surface area contributed by atoms with Gasteiger partial charge in [0.2, 0.25) is 5.91 Å². The molecule has 9 nitrogen and oxygen atoms in total. The highest BCUT2D eigenvalue weighted by atomic mass is 16.6. The number of anilines is 1. The number of benzene rings is 2. The van der Waals surface area contributed by atoms with Crippen molar-refractivity contribution >= 4 is 29.0 Å². The fourth-order valence-electron chi connectivity index (χ4n) is 1.97. The molecule has 25 heavy (non-hydrogen) atoms. The normalized spacial score (nSPS) is 10.4. The molecule has 0 aliphatic rings. The number of rotatable bonds is 6. The Kier molecular flexibility index (Phi) is 5.41. The van der Waals surface area contributed by atoms with Crippen molar-refractivity contribution in [1.82, 2.24) is 0 Å². The summed E-state index contributed by atoms with van der Waals surface area (Å²) in [5, 5.41) is 24.0. The van der Waals surface area contributed by atoms with Gasteiger partial charge in [0, 0.05) is 30.0 Å². The molecule has 0 bridgehead atoms. The summed E-state index contributed by atoms with van der Waals surface area (Å²) in [5.74, 6) is -0.415. The lowest BCUT2D eigenvalue weighted by Gasteiger charge is -2.05. The van der Waals surface area contributed by atoms with Gasteiger partial charge in [0.25, 0.3) is 5.69 Å². The van der Waals surface area contributed by atoms with Crippen LogP contribution in [0.3, 0.4) is 0 Å². The number of hydrogen-bond donors (Lipinski definition) is 1. The molecule has 0 heterocycles. The third-order valence-electron chi connectivity index (χ3n) is 3.17. The number of carbonyl (C=O) groups excluding carboxylic acids is 1. The molecule has 0 saturated carbocycles. The first-order valence-electron chi connectivity index (χ1n) is 6.96. The van der Waals surface area contributed by atoms with Gasteiger partial charge >= 0.3 is 5.69 Å². The summed E-state index contributed by atoms with van der Waals surface area (Å²) in [6.07, 6.45) is 2.69. The maximum absolute atomic E-state index is 11.9. The van der Waals surface area contributed by atoms with Crippen molar-refractivity contribution in [2.75, 3.05) is 12.4 Å². The SMILES string of the molecule is COc1ccc(NC(=O)/C=C/c2ccc([N+](=O)[O-])cc2)cc1[N+](=O)[O-]. The first-order chi connectivity index (χ1) is 11.9. The van der Waals surface area contributed by atoms with Gasteiger partial charge in [-0.15, -0.1) is 0 Å². The smallest absolute Gasteiger partial charge is 0.312 e. The van der Waals surface area contributed by atoms with Crippen LogP contribution in [0.1, 0.15) is 5.56 Å². The van der Waals surface area contributed by atoms with E-state index in [1.807, 2.05) is 0 Å². The van der Waals surface area contributed by atoms with Crippen molar-refractivity contribution in [3.05, 3.63) is 74.3 Å². The van der Waals surface area contributed by atoms with Gasteiger partial charge in [-0.1, -0.05) is 0 Å². The molecule has 2 aromatic rings. The largest absolute Gasteiger partial charge is 0.490 e. The van der Waals surface area contributed by atoms with Gasteiger partial charge in [-0.25, -0.2) is 0 Å². The standard InChI is InChI=1S/C16H13N3O6/c1-25-15-8-5-12(10-14(15)19(23)24)17-16(20)9-4-11-2-6-13(7-3-11)18(21)22/h2-10H,1H3,(H,17,20)/b9-4+. The van der Waals surface area contributed by atoms with E-state index in [4.69, 9.17) is 4.74 Å². The number of amides is 1. The summed E-state index contributed by atoms with van der Waals surface area (Å²) < 4.78 is 4.88. The maximum atomic E-state index is 11.9. The number of methoxy groups -OCH3 is 1. The molecule has 0 aliphatic heterocycles. The predicted molar refractivity (Wildman–Crippen MR) is 90.4 cm³/mol. The molecule has 0 saturated heterocycles. The summed E-state index contributed by atoms with van der Waals surface area (Å²) in [6.45, 7) is 0. The van der Waals surface area contributed by atoms with E-state index in [1.165, 1.54) is 61.7 Å². The van der Waals surface area contributed by atoms with E-state index in [1.54, 1.807) is 0 Å². The molecule has 0 aromatic heterocycles. The van der Waals surface area contributed by atoms with Crippen LogP contribution in [0.2, 0.25) is 0 Å². The third-order valence-corrected chi connectivity index (χ3v) is 3.17. The zero-order chi connectivity index (χ0) is 18.4. The highest BCUT2D eigenvalue weighted by molar-refractivity contribution is 6.02. The molecule has 0 aliphatic carbocycles. The molecular weight excluding hydrogens is 330 g/mol. The van der Waals surface area contributed by atoms with Crippen LogP contribution < -0.4 is 10.1 Å². The minimum absolute atomic E-state index is 0.0489. The van der Waals surface area contributed by atoms with Crippen LogP contribution >= 0.6 is 0 Å². The van der Waals surface area contributed by atoms with Crippen molar-refractivity contribution in [2.45, 2.75) is 0 Å². The number of non-ortho nitro benzene ring substituents is 1. The Hall–Kier alpha value is -3.75. The Morgan fingerprint density at radius 1 is 1.08 bits per heavy atom. The molecule has 2 rings (SSSR count). The second-order valence-corrected chi connectivity index (χ2v) is 4.81. The zero-order valence-electron chi connectivity index (χ0n) is 13.0. The van der Waals surface area contributed by atoms with Crippen molar-refractivity contribution < 1.29 is 19.4 Å². The van der Waals surface area contributed by atoms with E-state index < -0.39 is 15.8 Å². The quantitative estimate of drug-likeness (QED) is 0.488. The number of carbonyl (C=O) groups is 1. The second kappa shape index (κ2) is 7.68. The lowest BCUT2D eigenvalue weighted by molar-refractivity contribution is -0.385. The second-order valence-electron chi connectivity index (χ2n) is 4.81. The van der Waals surface area contributed by atoms with Crippen LogP contribution in [0.5, 0.6) is 5.75 Å². The minimum Gasteiger partial charge on any atom is -0.490 e. The van der Waals surface area contributed by atoms with E-state index in [9.17, 15) is 25.0 Å². The molecule has 128 valence electrons. The van der Waals surface area contributed by atoms with Crippen molar-refractivity contribution in [3.63, 3.8) is 0 Å². The van der Waals surface area contributed by atoms with Gasteiger partial charge in [0.15, 0.2) is 5.75 Å². The summed E-state index contributed by atoms with van der Waals surface area (Å²) >= 11 is 0. The van der Waals surface area contributed by atoms with E-state index in [0.29, 0.717) is 5.56 Å². The molecule has 0 radical (unpaired) electrons. The fraction of sp³-hybridized carbons (Fsp3) is 0.0625. The van der Waals surface area contributed by atoms with Gasteiger partial charge in [0.05, 0.1) is 17.0 Å². The Morgan fingerprint density at radius 2 is 1.76 bits per heavy atom. The first kappa shape index (κ1) is 17.6. The monoisotopic (exact) mass is 343 g/mol. The van der Waals surface area contributed by atoms with Crippen molar-refractivity contribution in [3.8, 4) is 5.75 Å². The molecule has 0 atom stereocenters. The van der Waals surface area contributed by atoms with Crippen LogP contribution in [0.25, 0.3) is 6.08 Å². The summed E-state index contributed by atoms with van der Waals surface area (Å²) in [4.78, 5) is 32.3. The summed E-state index contributed by atoms with van der Waals surface area (Å²) in [5.41, 5.74) is 0.527. The fourth-order valence-corrected chi connectivity index (χ4v) is 1.97. The lowest BCUT2D eigenvalue weighted by Crippen LogP contribution is -2.08. The average molecular weight is 343 g/mol. The maximum Gasteiger partial charge on any atom is 0.312 e. The Bertz CT molecular complexity index is 845. The summed E-state index contributed by atoms with van der Waals surface area (Å²) in [6, 6.07) is 9.70. The number of nitro groups is 2. The molecule has 0 spiro atoms. The van der Waals surface area contributed by atoms with Crippen molar-refractivity contribution in [2.24, 2.45) is 0 Å². The number of hydrogen-bond acceptors (Lipinski definition) is 6. The Labute approximate surface area is 141 Å². The zero-order valence-corrected chi connectivity index (χ0v) is 13.0. The van der Waals surface area contributed by atoms with E-state index in [-0.39, 0.29) is 22.8 Å².